The molecule has 0 amide bonds. The molecule has 262 valence electrons. The van der Waals surface area contributed by atoms with Crippen molar-refractivity contribution in [2.45, 2.75) is 0 Å². The van der Waals surface area contributed by atoms with E-state index in [0.29, 0.717) is 0 Å². The molecule has 0 spiro atoms. The number of nitrogens with zero attached hydrogens (tertiary/aromatic N) is 1. The molecule has 0 unspecified atom stereocenters. The van der Waals surface area contributed by atoms with Crippen molar-refractivity contribution in [3.8, 4) is 33.4 Å². The maximum absolute atomic E-state index is 7.36. The summed E-state index contributed by atoms with van der Waals surface area (Å²) in [5, 5.41) is 9.44. The molecule has 2 nitrogen and oxygen atoms in total. The lowest BCUT2D eigenvalue weighted by molar-refractivity contribution is 0.670. The molecule has 0 atom stereocenters. The Hall–Kier alpha value is -7.42. The third-order valence-electron chi connectivity index (χ3n) is 11.2. The first-order chi connectivity index (χ1) is 27.8. The van der Waals surface area contributed by atoms with Crippen LogP contribution in [0.25, 0.3) is 87.6 Å². The van der Waals surface area contributed by atoms with Gasteiger partial charge in [0.1, 0.15) is 5.58 Å². The van der Waals surface area contributed by atoms with Gasteiger partial charge in [-0.25, -0.2) is 0 Å². The average Bonchev–Trinajstić information content (AvgIpc) is 3.65. The van der Waals surface area contributed by atoms with Gasteiger partial charge in [0.25, 0.3) is 0 Å². The zero-order valence-electron chi connectivity index (χ0n) is 30.6. The predicted molar refractivity (Wildman–Crippen MR) is 237 cm³/mol. The molecule has 0 aliphatic heterocycles. The van der Waals surface area contributed by atoms with Crippen molar-refractivity contribution < 1.29 is 4.42 Å². The van der Waals surface area contributed by atoms with Crippen molar-refractivity contribution >= 4 is 71.3 Å². The molecular formula is C54H35NO. The van der Waals surface area contributed by atoms with Gasteiger partial charge >= 0.3 is 0 Å². The average molecular weight is 714 g/mol. The molecule has 0 N–H and O–H groups in total. The lowest BCUT2D eigenvalue weighted by Gasteiger charge is -2.28. The van der Waals surface area contributed by atoms with Gasteiger partial charge in [-0.05, 0) is 91.0 Å². The van der Waals surface area contributed by atoms with E-state index in [4.69, 9.17) is 4.42 Å². The van der Waals surface area contributed by atoms with Gasteiger partial charge in [-0.15, -0.1) is 0 Å². The number of rotatable bonds is 6. The molecule has 0 aliphatic rings. The van der Waals surface area contributed by atoms with Crippen LogP contribution in [0.1, 0.15) is 0 Å². The Labute approximate surface area is 325 Å². The monoisotopic (exact) mass is 713 g/mol. The number of hydrogen-bond acceptors (Lipinski definition) is 2. The van der Waals surface area contributed by atoms with Crippen LogP contribution >= 0.6 is 0 Å². The lowest BCUT2D eigenvalue weighted by Crippen LogP contribution is -2.11. The molecule has 0 bridgehead atoms. The zero-order chi connectivity index (χ0) is 37.0. The van der Waals surface area contributed by atoms with E-state index >= 15 is 0 Å². The molecule has 56 heavy (non-hydrogen) atoms. The lowest BCUT2D eigenvalue weighted by atomic mass is 9.89. The molecule has 11 rings (SSSR count). The summed E-state index contributed by atoms with van der Waals surface area (Å²) in [6, 6.07) is 76.2. The highest BCUT2D eigenvalue weighted by Gasteiger charge is 2.24. The second-order valence-corrected chi connectivity index (χ2v) is 14.4. The van der Waals surface area contributed by atoms with Gasteiger partial charge in [0.15, 0.2) is 5.58 Å². The smallest absolute Gasteiger partial charge is 0.159 e. The van der Waals surface area contributed by atoms with Crippen LogP contribution in [0, 0.1) is 0 Å². The van der Waals surface area contributed by atoms with Gasteiger partial charge in [0.05, 0.1) is 11.4 Å². The van der Waals surface area contributed by atoms with Crippen LogP contribution in [0.3, 0.4) is 0 Å². The minimum absolute atomic E-state index is 0.846. The highest BCUT2D eigenvalue weighted by atomic mass is 16.3. The van der Waals surface area contributed by atoms with Crippen molar-refractivity contribution in [2.24, 2.45) is 0 Å². The van der Waals surface area contributed by atoms with E-state index in [1.807, 2.05) is 0 Å². The number of fused-ring (bicyclic) bond motifs is 7. The first-order valence-electron chi connectivity index (χ1n) is 19.2. The SMILES string of the molecule is c1ccc(-c2ccc(N(c3ccccc3-c3ccccc3)c3cccc4c3oc3c(-c5cc6ccccc6c6ccccc56)c5ccccc5cc34)cc2)cc1. The maximum atomic E-state index is 7.36. The summed E-state index contributed by atoms with van der Waals surface area (Å²) in [4.78, 5) is 2.37. The molecular weight excluding hydrogens is 679 g/mol. The van der Waals surface area contributed by atoms with Crippen molar-refractivity contribution in [2.75, 3.05) is 4.90 Å². The van der Waals surface area contributed by atoms with Crippen LogP contribution in [0.15, 0.2) is 217 Å². The van der Waals surface area contributed by atoms with E-state index in [0.717, 1.165) is 55.7 Å². The first kappa shape index (κ1) is 32.0. The Bertz CT molecular complexity index is 3230. The number of benzene rings is 10. The molecule has 0 aliphatic carbocycles. The van der Waals surface area contributed by atoms with Crippen molar-refractivity contribution in [1.82, 2.24) is 0 Å². The van der Waals surface area contributed by atoms with Gasteiger partial charge < -0.3 is 9.32 Å². The molecule has 10 aromatic carbocycles. The Morgan fingerprint density at radius 2 is 0.857 bits per heavy atom. The quantitative estimate of drug-likeness (QED) is 0.160. The van der Waals surface area contributed by atoms with E-state index < -0.39 is 0 Å². The Kier molecular flexibility index (Phi) is 7.53. The molecule has 1 aromatic heterocycles. The fourth-order valence-electron chi connectivity index (χ4n) is 8.66. The standard InChI is InChI=1S/C54H35NO/c1-3-16-36(17-4-1)37-30-32-41(33-31-37)55(50-28-14-13-23-43(50)38-18-5-2-6-19-38)51-29-15-27-47-49-35-40-21-8-10-24-44(40)52(54(49)56-53(47)51)48-34-39-20-7-9-22-42(39)45-25-11-12-26-46(45)48/h1-35H. The van der Waals surface area contributed by atoms with Crippen LogP contribution in [0.2, 0.25) is 0 Å². The number of para-hydroxylation sites is 2. The summed E-state index contributed by atoms with van der Waals surface area (Å²) >= 11 is 0. The van der Waals surface area contributed by atoms with Crippen LogP contribution in [-0.2, 0) is 0 Å². The van der Waals surface area contributed by atoms with Crippen molar-refractivity contribution in [3.63, 3.8) is 0 Å². The summed E-state index contributed by atoms with van der Waals surface area (Å²) in [6.07, 6.45) is 0. The Morgan fingerprint density at radius 3 is 1.62 bits per heavy atom. The Morgan fingerprint density at radius 1 is 0.304 bits per heavy atom. The van der Waals surface area contributed by atoms with Crippen LogP contribution in [0.4, 0.5) is 17.1 Å². The normalized spacial score (nSPS) is 11.6. The predicted octanol–water partition coefficient (Wildman–Crippen LogP) is 15.5. The summed E-state index contributed by atoms with van der Waals surface area (Å²) in [5.41, 5.74) is 11.8. The number of anilines is 3. The Balaban J connectivity index is 1.21. The molecule has 0 fully saturated rings. The van der Waals surface area contributed by atoms with Crippen LogP contribution < -0.4 is 4.90 Å². The second-order valence-electron chi connectivity index (χ2n) is 14.4. The summed E-state index contributed by atoms with van der Waals surface area (Å²) < 4.78 is 7.36. The minimum Gasteiger partial charge on any atom is -0.453 e. The largest absolute Gasteiger partial charge is 0.453 e. The maximum Gasteiger partial charge on any atom is 0.159 e. The summed E-state index contributed by atoms with van der Waals surface area (Å²) in [6.45, 7) is 0. The van der Waals surface area contributed by atoms with Crippen LogP contribution in [0.5, 0.6) is 0 Å². The zero-order valence-corrected chi connectivity index (χ0v) is 30.6. The van der Waals surface area contributed by atoms with Crippen LogP contribution in [-0.4, -0.2) is 0 Å². The van der Waals surface area contributed by atoms with E-state index in [2.05, 4.69) is 217 Å². The molecule has 0 saturated carbocycles. The van der Waals surface area contributed by atoms with Crippen molar-refractivity contribution in [1.29, 1.82) is 0 Å². The van der Waals surface area contributed by atoms with Crippen molar-refractivity contribution in [3.05, 3.63) is 212 Å². The van der Waals surface area contributed by atoms with E-state index in [1.54, 1.807) is 0 Å². The topological polar surface area (TPSA) is 16.4 Å². The third-order valence-corrected chi connectivity index (χ3v) is 11.2. The molecule has 2 heteroatoms. The molecule has 11 aromatic rings. The van der Waals surface area contributed by atoms with E-state index in [-0.39, 0.29) is 0 Å². The van der Waals surface area contributed by atoms with Gasteiger partial charge in [-0.2, -0.15) is 0 Å². The first-order valence-corrected chi connectivity index (χ1v) is 19.2. The molecule has 1 heterocycles. The molecule has 0 saturated heterocycles. The van der Waals surface area contributed by atoms with Gasteiger partial charge in [0.2, 0.25) is 0 Å². The molecule has 0 radical (unpaired) electrons. The second kappa shape index (κ2) is 13.2. The number of hydrogen-bond donors (Lipinski definition) is 0. The summed E-state index contributed by atoms with van der Waals surface area (Å²) in [7, 11) is 0. The van der Waals surface area contributed by atoms with Gasteiger partial charge in [0, 0.05) is 27.6 Å². The van der Waals surface area contributed by atoms with E-state index in [1.165, 1.54) is 49.0 Å². The fraction of sp³-hybridized carbons (Fsp3) is 0. The number of furan rings is 1. The minimum atomic E-state index is 0.846. The van der Waals surface area contributed by atoms with Gasteiger partial charge in [-0.1, -0.05) is 176 Å². The van der Waals surface area contributed by atoms with Gasteiger partial charge in [-0.3, -0.25) is 0 Å². The highest BCUT2D eigenvalue weighted by molar-refractivity contribution is 6.24. The van der Waals surface area contributed by atoms with E-state index in [9.17, 15) is 0 Å². The fourth-order valence-corrected chi connectivity index (χ4v) is 8.66. The third kappa shape index (κ3) is 5.19. The highest BCUT2D eigenvalue weighted by Crippen LogP contribution is 2.49. The summed E-state index contributed by atoms with van der Waals surface area (Å²) in [5.74, 6) is 0.